The number of pyridine rings is 1. The number of ether oxygens (including phenoxy) is 1. The summed E-state index contributed by atoms with van der Waals surface area (Å²) in [5.41, 5.74) is 0.667. The third-order valence-electron chi connectivity index (χ3n) is 6.60. The number of nitrogens with zero attached hydrogens (tertiary/aromatic N) is 3. The predicted molar refractivity (Wildman–Crippen MR) is 147 cm³/mol. The highest BCUT2D eigenvalue weighted by Gasteiger charge is 2.31. The Labute approximate surface area is 230 Å². The van der Waals surface area contributed by atoms with Crippen molar-refractivity contribution in [1.82, 2.24) is 20.3 Å². The van der Waals surface area contributed by atoms with Crippen molar-refractivity contribution in [2.75, 3.05) is 18.4 Å². The van der Waals surface area contributed by atoms with Gasteiger partial charge < -0.3 is 15.4 Å². The molecule has 3 atom stereocenters. The third-order valence-corrected chi connectivity index (χ3v) is 7.79. The fourth-order valence-corrected chi connectivity index (χ4v) is 5.87. The lowest BCUT2D eigenvalue weighted by molar-refractivity contribution is 0.377. The molecule has 0 amide bonds. The molecule has 1 saturated heterocycles. The minimum absolute atomic E-state index is 0.0165. The Hall–Kier alpha value is -4.00. The summed E-state index contributed by atoms with van der Waals surface area (Å²) < 4.78 is 61.1. The lowest BCUT2D eigenvalue weighted by Gasteiger charge is -2.28. The molecule has 3 heterocycles. The largest absolute Gasteiger partial charge is 0.435 e. The Bertz CT molecular complexity index is 1610. The molecular formula is C28H28F2N6O3S. The van der Waals surface area contributed by atoms with E-state index in [1.807, 2.05) is 0 Å². The summed E-state index contributed by atoms with van der Waals surface area (Å²) in [5.74, 6) is -2.31. The lowest BCUT2D eigenvalue weighted by Crippen LogP contribution is -2.42. The lowest BCUT2D eigenvalue weighted by atomic mass is 9.98. The van der Waals surface area contributed by atoms with E-state index in [1.165, 1.54) is 18.3 Å². The van der Waals surface area contributed by atoms with Crippen LogP contribution in [0.25, 0.3) is 11.3 Å². The van der Waals surface area contributed by atoms with E-state index in [0.29, 0.717) is 23.1 Å². The van der Waals surface area contributed by atoms with Gasteiger partial charge in [0.2, 0.25) is 27.7 Å². The quantitative estimate of drug-likeness (QED) is 0.286. The minimum atomic E-state index is -4.33. The predicted octanol–water partition coefficient (Wildman–Crippen LogP) is 4.40. The van der Waals surface area contributed by atoms with Gasteiger partial charge in [-0.15, -0.1) is 0 Å². The molecule has 0 aliphatic carbocycles. The number of nitrogens with one attached hydrogen (secondary N) is 2. The fourth-order valence-electron chi connectivity index (χ4n) is 4.80. The van der Waals surface area contributed by atoms with Gasteiger partial charge in [-0.25, -0.2) is 32.9 Å². The van der Waals surface area contributed by atoms with E-state index in [0.717, 1.165) is 31.6 Å². The summed E-state index contributed by atoms with van der Waals surface area (Å²) in [4.78, 5) is 13.1. The molecule has 12 heteroatoms. The van der Waals surface area contributed by atoms with Gasteiger partial charge >= 0.3 is 0 Å². The molecule has 4 N–H and O–H groups in total. The first kappa shape index (κ1) is 27.6. The SMILES string of the molecule is C[C@H]1CNC[C@@H](Nc2nccc(-c3cccnc3Oc3ccc(C(c4ccccc4)S(N)(=O)=O)c(F)c3F)n2)C1. The summed E-state index contributed by atoms with van der Waals surface area (Å²) >= 11 is 0. The maximum Gasteiger partial charge on any atom is 0.228 e. The molecule has 0 bridgehead atoms. The maximum absolute atomic E-state index is 15.3. The Morgan fingerprint density at radius 2 is 1.80 bits per heavy atom. The van der Waals surface area contributed by atoms with Crippen LogP contribution in [0.1, 0.15) is 29.7 Å². The van der Waals surface area contributed by atoms with E-state index in [-0.39, 0.29) is 17.5 Å². The van der Waals surface area contributed by atoms with Gasteiger partial charge in [-0.1, -0.05) is 43.3 Å². The molecule has 1 fully saturated rings. The Morgan fingerprint density at radius 3 is 2.55 bits per heavy atom. The maximum atomic E-state index is 15.3. The van der Waals surface area contributed by atoms with Crippen LogP contribution in [-0.4, -0.2) is 42.5 Å². The molecular weight excluding hydrogens is 538 g/mol. The van der Waals surface area contributed by atoms with Crippen molar-refractivity contribution in [2.24, 2.45) is 11.1 Å². The number of benzene rings is 2. The normalized spacial score (nSPS) is 18.2. The van der Waals surface area contributed by atoms with Gasteiger partial charge in [0.1, 0.15) is 5.25 Å². The van der Waals surface area contributed by atoms with Crippen LogP contribution in [0.3, 0.4) is 0 Å². The van der Waals surface area contributed by atoms with Crippen molar-refractivity contribution in [2.45, 2.75) is 24.6 Å². The first-order chi connectivity index (χ1) is 19.2. The second kappa shape index (κ2) is 11.6. The van der Waals surface area contributed by atoms with Gasteiger partial charge in [0.15, 0.2) is 11.6 Å². The van der Waals surface area contributed by atoms with E-state index in [2.05, 4.69) is 32.5 Å². The number of primary sulfonamides is 1. The topological polar surface area (TPSA) is 132 Å². The second-order valence-corrected chi connectivity index (χ2v) is 11.4. The number of halogens is 2. The van der Waals surface area contributed by atoms with Gasteiger partial charge in [-0.2, -0.15) is 4.39 Å². The van der Waals surface area contributed by atoms with Crippen molar-refractivity contribution < 1.29 is 21.9 Å². The zero-order valence-electron chi connectivity index (χ0n) is 21.6. The number of sulfonamides is 1. The smallest absolute Gasteiger partial charge is 0.228 e. The average molecular weight is 567 g/mol. The zero-order chi connectivity index (χ0) is 28.3. The zero-order valence-corrected chi connectivity index (χ0v) is 22.4. The van der Waals surface area contributed by atoms with E-state index in [9.17, 15) is 8.42 Å². The fraction of sp³-hybridized carbons (Fsp3) is 0.250. The molecule has 4 aromatic rings. The van der Waals surface area contributed by atoms with Crippen LogP contribution in [0.4, 0.5) is 14.7 Å². The van der Waals surface area contributed by atoms with Crippen LogP contribution in [0.15, 0.2) is 73.1 Å². The van der Waals surface area contributed by atoms with E-state index < -0.39 is 38.2 Å². The molecule has 0 spiro atoms. The van der Waals surface area contributed by atoms with Crippen LogP contribution in [0.5, 0.6) is 11.6 Å². The van der Waals surface area contributed by atoms with Crippen molar-refractivity contribution >= 4 is 16.0 Å². The first-order valence-corrected chi connectivity index (χ1v) is 14.3. The summed E-state index contributed by atoms with van der Waals surface area (Å²) in [5, 5.41) is 10.5. The Kier molecular flexibility index (Phi) is 8.01. The molecule has 2 aromatic carbocycles. The van der Waals surface area contributed by atoms with Crippen LogP contribution in [0, 0.1) is 17.6 Å². The summed E-state index contributed by atoms with van der Waals surface area (Å²) in [6.07, 6.45) is 4.01. The Balaban J connectivity index is 1.44. The Morgan fingerprint density at radius 1 is 1.00 bits per heavy atom. The van der Waals surface area contributed by atoms with Gasteiger partial charge in [0.25, 0.3) is 0 Å². The summed E-state index contributed by atoms with van der Waals surface area (Å²) in [6.45, 7) is 3.92. The van der Waals surface area contributed by atoms with Crippen molar-refractivity contribution in [3.63, 3.8) is 0 Å². The number of hydrogen-bond acceptors (Lipinski definition) is 8. The molecule has 9 nitrogen and oxygen atoms in total. The highest BCUT2D eigenvalue weighted by atomic mass is 32.2. The van der Waals surface area contributed by atoms with Gasteiger partial charge in [0.05, 0.1) is 11.3 Å². The standard InChI is InChI=1S/C28H28F2N6O3S/c1-17-14-19(16-32-15-17)35-28-34-13-11-22(36-28)20-8-5-12-33-27(20)39-23-10-9-21(24(29)25(23)30)26(40(31,37)38)18-6-3-2-4-7-18/h2-13,17,19,26,32H,14-16H2,1H3,(H2,31,37,38)(H,34,35,36)/t17-,19+,26?/m1/s1. The van der Waals surface area contributed by atoms with Gasteiger partial charge in [-0.05, 0) is 48.7 Å². The van der Waals surface area contributed by atoms with Crippen LogP contribution >= 0.6 is 0 Å². The highest BCUT2D eigenvalue weighted by molar-refractivity contribution is 7.89. The molecule has 40 heavy (non-hydrogen) atoms. The average Bonchev–Trinajstić information content (AvgIpc) is 2.93. The first-order valence-electron chi connectivity index (χ1n) is 12.7. The number of hydrogen-bond donors (Lipinski definition) is 3. The number of anilines is 1. The molecule has 208 valence electrons. The monoisotopic (exact) mass is 566 g/mol. The molecule has 5 rings (SSSR count). The molecule has 1 unspecified atom stereocenters. The molecule has 0 saturated carbocycles. The number of nitrogens with two attached hydrogens (primary N) is 1. The molecule has 1 aliphatic heterocycles. The molecule has 2 aromatic heterocycles. The summed E-state index contributed by atoms with van der Waals surface area (Å²) in [7, 11) is -4.33. The van der Waals surface area contributed by atoms with Gasteiger partial charge in [-0.3, -0.25) is 0 Å². The van der Waals surface area contributed by atoms with Crippen molar-refractivity contribution in [3.05, 3.63) is 95.8 Å². The summed E-state index contributed by atoms with van der Waals surface area (Å²) in [6, 6.07) is 15.3. The van der Waals surface area contributed by atoms with Crippen LogP contribution < -0.4 is 20.5 Å². The van der Waals surface area contributed by atoms with Crippen molar-refractivity contribution in [1.29, 1.82) is 0 Å². The number of aromatic nitrogens is 3. The number of rotatable bonds is 8. The van der Waals surface area contributed by atoms with Crippen LogP contribution in [0.2, 0.25) is 0 Å². The number of piperidine rings is 1. The second-order valence-electron chi connectivity index (χ2n) is 9.72. The van der Waals surface area contributed by atoms with Crippen molar-refractivity contribution in [3.8, 4) is 22.9 Å². The van der Waals surface area contributed by atoms with E-state index in [4.69, 9.17) is 9.88 Å². The minimum Gasteiger partial charge on any atom is -0.435 e. The molecule has 0 radical (unpaired) electrons. The highest BCUT2D eigenvalue weighted by Crippen LogP contribution is 2.37. The molecule has 1 aliphatic rings. The van der Waals surface area contributed by atoms with E-state index >= 15 is 8.78 Å². The van der Waals surface area contributed by atoms with Crippen LogP contribution in [-0.2, 0) is 10.0 Å². The van der Waals surface area contributed by atoms with Gasteiger partial charge in [0, 0.05) is 30.5 Å². The third kappa shape index (κ3) is 6.09. The van der Waals surface area contributed by atoms with E-state index in [1.54, 1.807) is 42.6 Å².